The summed E-state index contributed by atoms with van der Waals surface area (Å²) in [5.41, 5.74) is 6.38. The predicted octanol–water partition coefficient (Wildman–Crippen LogP) is 6.44. The highest BCUT2D eigenvalue weighted by atomic mass is 35.5. The summed E-state index contributed by atoms with van der Waals surface area (Å²) in [4.78, 5) is 14.5. The van der Waals surface area contributed by atoms with Gasteiger partial charge in [0.2, 0.25) is 0 Å². The van der Waals surface area contributed by atoms with Crippen molar-refractivity contribution < 1.29 is 9.53 Å². The second-order valence-electron chi connectivity index (χ2n) is 7.37. The van der Waals surface area contributed by atoms with Gasteiger partial charge in [0.15, 0.2) is 0 Å². The lowest BCUT2D eigenvalue weighted by atomic mass is 10.0. The van der Waals surface area contributed by atoms with Crippen LogP contribution in [0, 0.1) is 0 Å². The largest absolute Gasteiger partial charge is 0.462 e. The fourth-order valence-corrected chi connectivity index (χ4v) is 4.38. The number of benzene rings is 3. The predicted molar refractivity (Wildman–Crippen MR) is 124 cm³/mol. The first kappa shape index (κ1) is 20.8. The van der Waals surface area contributed by atoms with Crippen molar-refractivity contribution in [3.63, 3.8) is 0 Å². The smallest absolute Gasteiger partial charge is 0.338 e. The zero-order valence-corrected chi connectivity index (χ0v) is 18.3. The summed E-state index contributed by atoms with van der Waals surface area (Å²) in [5.74, 6) is -0.290. The Hall–Kier alpha value is -2.49. The molecule has 0 saturated heterocycles. The molecule has 154 valence electrons. The molecule has 0 unspecified atom stereocenters. The van der Waals surface area contributed by atoms with Crippen molar-refractivity contribution in [1.29, 1.82) is 0 Å². The van der Waals surface area contributed by atoms with E-state index in [2.05, 4.69) is 23.1 Å². The van der Waals surface area contributed by atoms with Crippen LogP contribution in [0.1, 0.15) is 28.4 Å². The summed E-state index contributed by atoms with van der Waals surface area (Å²) >= 11 is 12.4. The molecule has 1 aliphatic rings. The van der Waals surface area contributed by atoms with E-state index in [0.29, 0.717) is 22.2 Å². The lowest BCUT2D eigenvalue weighted by molar-refractivity contribution is 0.0526. The molecule has 0 N–H and O–H groups in total. The molecule has 0 aliphatic carbocycles. The van der Waals surface area contributed by atoms with Crippen molar-refractivity contribution >= 4 is 34.9 Å². The monoisotopic (exact) mass is 439 g/mol. The summed E-state index contributed by atoms with van der Waals surface area (Å²) in [6, 6.07) is 19.8. The molecule has 5 heteroatoms. The third kappa shape index (κ3) is 4.48. The van der Waals surface area contributed by atoms with Gasteiger partial charge in [-0.15, -0.1) is 0 Å². The number of carbonyl (C=O) groups excluding carboxylic acids is 1. The average Bonchev–Trinajstić information content (AvgIpc) is 3.16. The highest BCUT2D eigenvalue weighted by Gasteiger charge is 2.20. The Morgan fingerprint density at radius 1 is 1.03 bits per heavy atom. The first-order valence-corrected chi connectivity index (χ1v) is 10.9. The highest BCUT2D eigenvalue weighted by molar-refractivity contribution is 6.35. The fourth-order valence-electron chi connectivity index (χ4n) is 3.88. The number of hydrogen-bond donors (Lipinski definition) is 0. The van der Waals surface area contributed by atoms with Gasteiger partial charge in [0.25, 0.3) is 0 Å². The molecule has 3 aromatic rings. The molecule has 1 heterocycles. The van der Waals surface area contributed by atoms with Crippen molar-refractivity contribution in [3.05, 3.63) is 87.4 Å². The van der Waals surface area contributed by atoms with Gasteiger partial charge >= 0.3 is 5.97 Å². The maximum Gasteiger partial charge on any atom is 0.338 e. The van der Waals surface area contributed by atoms with Crippen molar-refractivity contribution in [1.82, 2.24) is 0 Å². The molecule has 0 amide bonds. The van der Waals surface area contributed by atoms with E-state index < -0.39 is 0 Å². The summed E-state index contributed by atoms with van der Waals surface area (Å²) < 4.78 is 5.13. The second-order valence-corrected chi connectivity index (χ2v) is 8.21. The van der Waals surface area contributed by atoms with Gasteiger partial charge in [-0.25, -0.2) is 4.79 Å². The standard InChI is InChI=1S/C25H23Cl2NO2/c1-2-30-25(29)21-5-3-4-19(14-21)20-7-6-18-11-13-28(24(18)15-20)12-10-17-8-9-22(26)16-23(17)27/h3-9,14-16H,2,10-13H2,1H3. The summed E-state index contributed by atoms with van der Waals surface area (Å²) in [6.45, 7) is 4.07. The molecule has 30 heavy (non-hydrogen) atoms. The number of rotatable bonds is 6. The molecule has 0 atom stereocenters. The average molecular weight is 440 g/mol. The molecule has 3 aromatic carbocycles. The Morgan fingerprint density at radius 2 is 1.87 bits per heavy atom. The Balaban J connectivity index is 1.54. The van der Waals surface area contributed by atoms with Crippen LogP contribution in [0.3, 0.4) is 0 Å². The summed E-state index contributed by atoms with van der Waals surface area (Å²) in [7, 11) is 0. The van der Waals surface area contributed by atoms with Gasteiger partial charge in [-0.1, -0.05) is 53.5 Å². The van der Waals surface area contributed by atoms with Gasteiger partial charge in [0, 0.05) is 28.8 Å². The molecule has 1 aliphatic heterocycles. The van der Waals surface area contributed by atoms with Gasteiger partial charge < -0.3 is 9.64 Å². The maximum absolute atomic E-state index is 12.1. The molecule has 0 spiro atoms. The van der Waals surface area contributed by atoms with E-state index >= 15 is 0 Å². The fraction of sp³-hybridized carbons (Fsp3) is 0.240. The minimum atomic E-state index is -0.290. The van der Waals surface area contributed by atoms with E-state index in [1.807, 2.05) is 37.3 Å². The Labute approximate surface area is 187 Å². The normalized spacial score (nSPS) is 12.7. The van der Waals surface area contributed by atoms with Gasteiger partial charge in [0.1, 0.15) is 0 Å². The molecule has 3 nitrogen and oxygen atoms in total. The number of carbonyl (C=O) groups is 1. The first-order valence-electron chi connectivity index (χ1n) is 10.1. The molecular weight excluding hydrogens is 417 g/mol. The number of nitrogens with zero attached hydrogens (tertiary/aromatic N) is 1. The molecule has 0 saturated carbocycles. The van der Waals surface area contributed by atoms with E-state index in [-0.39, 0.29) is 5.97 Å². The molecular formula is C25H23Cl2NO2. The van der Waals surface area contributed by atoms with E-state index in [1.54, 1.807) is 12.1 Å². The summed E-state index contributed by atoms with van der Waals surface area (Å²) in [5, 5.41) is 1.37. The minimum Gasteiger partial charge on any atom is -0.462 e. The van der Waals surface area contributed by atoms with Crippen molar-refractivity contribution in [2.24, 2.45) is 0 Å². The van der Waals surface area contributed by atoms with Crippen LogP contribution in [-0.2, 0) is 17.6 Å². The zero-order valence-electron chi connectivity index (χ0n) is 16.8. The van der Waals surface area contributed by atoms with E-state index in [4.69, 9.17) is 27.9 Å². The van der Waals surface area contributed by atoms with Crippen LogP contribution in [0.2, 0.25) is 10.0 Å². The van der Waals surface area contributed by atoms with Crippen LogP contribution < -0.4 is 4.90 Å². The third-order valence-electron chi connectivity index (χ3n) is 5.45. The van der Waals surface area contributed by atoms with Crippen LogP contribution >= 0.6 is 23.2 Å². The number of halogens is 2. The molecule has 0 fully saturated rings. The van der Waals surface area contributed by atoms with Crippen LogP contribution in [0.25, 0.3) is 11.1 Å². The number of esters is 1. The number of ether oxygens (including phenoxy) is 1. The SMILES string of the molecule is CCOC(=O)c1cccc(-c2ccc3c(c2)N(CCc2ccc(Cl)cc2Cl)CC3)c1. The lowest BCUT2D eigenvalue weighted by Crippen LogP contribution is -2.23. The first-order chi connectivity index (χ1) is 14.5. The van der Waals surface area contributed by atoms with Crippen LogP contribution in [0.5, 0.6) is 0 Å². The number of anilines is 1. The van der Waals surface area contributed by atoms with Crippen molar-refractivity contribution in [2.45, 2.75) is 19.8 Å². The zero-order chi connectivity index (χ0) is 21.1. The number of fused-ring (bicyclic) bond motifs is 1. The Morgan fingerprint density at radius 3 is 2.67 bits per heavy atom. The van der Waals surface area contributed by atoms with Crippen LogP contribution in [-0.4, -0.2) is 25.7 Å². The maximum atomic E-state index is 12.1. The topological polar surface area (TPSA) is 29.5 Å². The highest BCUT2D eigenvalue weighted by Crippen LogP contribution is 2.33. The molecule has 0 radical (unpaired) electrons. The minimum absolute atomic E-state index is 0.290. The lowest BCUT2D eigenvalue weighted by Gasteiger charge is -2.20. The van der Waals surface area contributed by atoms with Crippen molar-refractivity contribution in [2.75, 3.05) is 24.6 Å². The number of hydrogen-bond acceptors (Lipinski definition) is 3. The molecule has 4 rings (SSSR count). The second kappa shape index (κ2) is 9.11. The van der Waals surface area contributed by atoms with Crippen LogP contribution in [0.4, 0.5) is 5.69 Å². The van der Waals surface area contributed by atoms with E-state index in [0.717, 1.165) is 42.6 Å². The van der Waals surface area contributed by atoms with Gasteiger partial charge in [-0.2, -0.15) is 0 Å². The van der Waals surface area contributed by atoms with Gasteiger partial charge in [0.05, 0.1) is 12.2 Å². The molecule has 0 aromatic heterocycles. The Bertz CT molecular complexity index is 1080. The molecule has 0 bridgehead atoms. The summed E-state index contributed by atoms with van der Waals surface area (Å²) in [6.07, 6.45) is 1.89. The van der Waals surface area contributed by atoms with E-state index in [9.17, 15) is 4.79 Å². The van der Waals surface area contributed by atoms with Gasteiger partial charge in [-0.05, 0) is 72.4 Å². The Kier molecular flexibility index (Phi) is 6.31. The quantitative estimate of drug-likeness (QED) is 0.413. The van der Waals surface area contributed by atoms with Crippen LogP contribution in [0.15, 0.2) is 60.7 Å². The van der Waals surface area contributed by atoms with Gasteiger partial charge in [-0.3, -0.25) is 0 Å². The van der Waals surface area contributed by atoms with E-state index in [1.165, 1.54) is 11.3 Å². The third-order valence-corrected chi connectivity index (χ3v) is 6.04. The van der Waals surface area contributed by atoms with Crippen molar-refractivity contribution in [3.8, 4) is 11.1 Å².